The van der Waals surface area contributed by atoms with E-state index in [-0.39, 0.29) is 0 Å². The van der Waals surface area contributed by atoms with Crippen molar-refractivity contribution >= 4 is 5.97 Å². The van der Waals surface area contributed by atoms with Gasteiger partial charge < -0.3 is 4.74 Å². The van der Waals surface area contributed by atoms with Gasteiger partial charge in [-0.05, 0) is 57.9 Å². The van der Waals surface area contributed by atoms with Gasteiger partial charge in [0.2, 0.25) is 0 Å². The number of nitrogens with zero attached hydrogens (tertiary/aromatic N) is 2. The lowest BCUT2D eigenvalue weighted by Gasteiger charge is -2.24. The Morgan fingerprint density at radius 1 is 1.03 bits per heavy atom. The molecule has 1 aromatic carbocycles. The molecular formula is C26H34N2O2. The molecule has 1 aromatic heterocycles. The number of esters is 1. The quantitative estimate of drug-likeness (QED) is 0.530. The third-order valence-corrected chi connectivity index (χ3v) is 4.61. The monoisotopic (exact) mass is 406 g/mol. The van der Waals surface area contributed by atoms with Crippen molar-refractivity contribution in [3.63, 3.8) is 0 Å². The molecule has 0 radical (unpaired) electrons. The molecule has 0 saturated carbocycles. The average molecular weight is 407 g/mol. The van der Waals surface area contributed by atoms with Gasteiger partial charge in [0.05, 0.1) is 22.5 Å². The van der Waals surface area contributed by atoms with Crippen molar-refractivity contribution in [2.75, 3.05) is 0 Å². The van der Waals surface area contributed by atoms with Gasteiger partial charge in [-0.15, -0.1) is 0 Å². The maximum Gasteiger partial charge on any atom is 0.341 e. The molecule has 4 nitrogen and oxygen atoms in total. The highest BCUT2D eigenvalue weighted by atomic mass is 16.6. The van der Waals surface area contributed by atoms with Crippen molar-refractivity contribution in [2.24, 2.45) is 11.8 Å². The van der Waals surface area contributed by atoms with E-state index in [2.05, 4.69) is 33.8 Å². The van der Waals surface area contributed by atoms with Crippen LogP contribution in [0.1, 0.15) is 81.3 Å². The summed E-state index contributed by atoms with van der Waals surface area (Å²) in [7, 11) is 0. The predicted octanol–water partition coefficient (Wildman–Crippen LogP) is 6.28. The number of pyridine rings is 1. The number of hydrogen-bond acceptors (Lipinski definition) is 4. The van der Waals surface area contributed by atoms with Gasteiger partial charge in [-0.1, -0.05) is 57.5 Å². The van der Waals surface area contributed by atoms with Crippen LogP contribution in [0.5, 0.6) is 0 Å². The number of aromatic nitrogens is 1. The number of rotatable bonds is 6. The Labute approximate surface area is 181 Å². The van der Waals surface area contributed by atoms with Gasteiger partial charge in [0, 0.05) is 5.56 Å². The summed E-state index contributed by atoms with van der Waals surface area (Å²) in [6.07, 6.45) is 1.33. The molecule has 0 aliphatic rings. The molecule has 0 spiro atoms. The van der Waals surface area contributed by atoms with Crippen LogP contribution in [-0.2, 0) is 17.6 Å². The third-order valence-electron chi connectivity index (χ3n) is 4.61. The minimum absolute atomic E-state index is 0.310. The van der Waals surface area contributed by atoms with Crippen LogP contribution >= 0.6 is 0 Å². The van der Waals surface area contributed by atoms with Crippen LogP contribution < -0.4 is 0 Å². The van der Waals surface area contributed by atoms with Crippen molar-refractivity contribution in [1.29, 1.82) is 5.26 Å². The van der Waals surface area contributed by atoms with Crippen LogP contribution in [0, 0.1) is 30.1 Å². The first-order valence-electron chi connectivity index (χ1n) is 10.7. The third kappa shape index (κ3) is 5.92. The highest BCUT2D eigenvalue weighted by Gasteiger charge is 2.29. The lowest BCUT2D eigenvalue weighted by molar-refractivity contribution is 0.00685. The van der Waals surface area contributed by atoms with Crippen molar-refractivity contribution in [3.8, 4) is 17.2 Å². The fourth-order valence-corrected chi connectivity index (χ4v) is 3.44. The minimum Gasteiger partial charge on any atom is -0.456 e. The summed E-state index contributed by atoms with van der Waals surface area (Å²) >= 11 is 0. The molecule has 0 N–H and O–H groups in total. The molecule has 2 rings (SSSR count). The maximum absolute atomic E-state index is 13.4. The SMILES string of the molecule is Cc1ccc(-c2c(C#N)c(CC(C)C)nc(CC(C)C)c2C(=O)OC(C)(C)C)cc1. The van der Waals surface area contributed by atoms with Gasteiger partial charge >= 0.3 is 5.97 Å². The molecule has 4 heteroatoms. The smallest absolute Gasteiger partial charge is 0.341 e. The maximum atomic E-state index is 13.4. The number of carbonyl (C=O) groups excluding carboxylic acids is 1. The Hall–Kier alpha value is -2.67. The fourth-order valence-electron chi connectivity index (χ4n) is 3.44. The Balaban J connectivity index is 2.91. The normalized spacial score (nSPS) is 11.6. The molecule has 0 fully saturated rings. The molecule has 30 heavy (non-hydrogen) atoms. The van der Waals surface area contributed by atoms with E-state index in [0.717, 1.165) is 16.8 Å². The van der Waals surface area contributed by atoms with Gasteiger partial charge in [-0.3, -0.25) is 4.98 Å². The summed E-state index contributed by atoms with van der Waals surface area (Å²) in [5, 5.41) is 10.1. The van der Waals surface area contributed by atoms with Gasteiger partial charge in [-0.25, -0.2) is 4.79 Å². The molecule has 0 atom stereocenters. The summed E-state index contributed by atoms with van der Waals surface area (Å²) < 4.78 is 5.76. The van der Waals surface area contributed by atoms with E-state index in [1.807, 2.05) is 52.0 Å². The fraction of sp³-hybridized carbons (Fsp3) is 0.500. The topological polar surface area (TPSA) is 63.0 Å². The summed E-state index contributed by atoms with van der Waals surface area (Å²) in [6.45, 7) is 16.0. The van der Waals surface area contributed by atoms with Gasteiger partial charge in [0.25, 0.3) is 0 Å². The molecule has 160 valence electrons. The number of benzene rings is 1. The zero-order valence-electron chi connectivity index (χ0n) is 19.6. The lowest BCUT2D eigenvalue weighted by Crippen LogP contribution is -2.26. The zero-order chi connectivity index (χ0) is 22.6. The molecule has 0 unspecified atom stereocenters. The van der Waals surface area contributed by atoms with Crippen molar-refractivity contribution < 1.29 is 9.53 Å². The zero-order valence-corrected chi connectivity index (χ0v) is 19.6. The Bertz CT molecular complexity index is 943. The van der Waals surface area contributed by atoms with E-state index < -0.39 is 11.6 Å². The Kier molecular flexibility index (Phi) is 7.42. The highest BCUT2D eigenvalue weighted by molar-refractivity contribution is 6.00. The highest BCUT2D eigenvalue weighted by Crippen LogP contribution is 2.34. The van der Waals surface area contributed by atoms with Crippen LogP contribution in [-0.4, -0.2) is 16.6 Å². The van der Waals surface area contributed by atoms with Crippen molar-refractivity contribution in [2.45, 2.75) is 73.8 Å². The molecule has 0 bridgehead atoms. The van der Waals surface area contributed by atoms with Crippen LogP contribution in [0.2, 0.25) is 0 Å². The van der Waals surface area contributed by atoms with Crippen LogP contribution in [0.4, 0.5) is 0 Å². The standard InChI is InChI=1S/C26H34N2O2/c1-16(2)13-21-20(15-27)23(19-11-9-18(5)10-12-19)24(22(28-21)14-17(3)4)25(29)30-26(6,7)8/h9-12,16-17H,13-14H2,1-8H3. The molecule has 1 heterocycles. The largest absolute Gasteiger partial charge is 0.456 e. The molecule has 0 saturated heterocycles. The van der Waals surface area contributed by atoms with Crippen LogP contribution in [0.3, 0.4) is 0 Å². The van der Waals surface area contributed by atoms with E-state index >= 15 is 0 Å². The summed E-state index contributed by atoms with van der Waals surface area (Å²) in [6, 6.07) is 10.3. The van der Waals surface area contributed by atoms with Crippen LogP contribution in [0.25, 0.3) is 11.1 Å². The average Bonchev–Trinajstić information content (AvgIpc) is 2.59. The predicted molar refractivity (Wildman–Crippen MR) is 121 cm³/mol. The van der Waals surface area contributed by atoms with E-state index in [0.29, 0.717) is 47.1 Å². The second-order valence-electron chi connectivity index (χ2n) is 9.81. The number of carbonyl (C=O) groups is 1. The molecule has 0 aliphatic carbocycles. The summed E-state index contributed by atoms with van der Waals surface area (Å²) in [5.74, 6) is 0.230. The van der Waals surface area contributed by atoms with E-state index in [1.54, 1.807) is 0 Å². The first-order chi connectivity index (χ1) is 13.9. The minimum atomic E-state index is -0.639. The van der Waals surface area contributed by atoms with Crippen molar-refractivity contribution in [3.05, 3.63) is 52.3 Å². The van der Waals surface area contributed by atoms with Gasteiger partial charge in [0.15, 0.2) is 0 Å². The molecule has 0 aliphatic heterocycles. The lowest BCUT2D eigenvalue weighted by atomic mass is 9.88. The number of aryl methyl sites for hydroxylation is 1. The van der Waals surface area contributed by atoms with E-state index in [1.165, 1.54) is 0 Å². The molecular weight excluding hydrogens is 372 g/mol. The summed E-state index contributed by atoms with van der Waals surface area (Å²) in [4.78, 5) is 18.2. The van der Waals surface area contributed by atoms with E-state index in [9.17, 15) is 10.1 Å². The van der Waals surface area contributed by atoms with Gasteiger partial charge in [-0.2, -0.15) is 5.26 Å². The number of nitriles is 1. The van der Waals surface area contributed by atoms with Gasteiger partial charge in [0.1, 0.15) is 11.7 Å². The summed E-state index contributed by atoms with van der Waals surface area (Å²) in [5.41, 5.74) is 4.33. The molecule has 2 aromatic rings. The first-order valence-corrected chi connectivity index (χ1v) is 10.7. The van der Waals surface area contributed by atoms with Crippen molar-refractivity contribution in [1.82, 2.24) is 4.98 Å². The Morgan fingerprint density at radius 2 is 1.57 bits per heavy atom. The first kappa shape index (κ1) is 23.6. The number of ether oxygens (including phenoxy) is 1. The second-order valence-corrected chi connectivity index (χ2v) is 9.81. The van der Waals surface area contributed by atoms with E-state index in [4.69, 9.17) is 9.72 Å². The second kappa shape index (κ2) is 9.43. The Morgan fingerprint density at radius 3 is 2.03 bits per heavy atom. The number of hydrogen-bond donors (Lipinski definition) is 0. The molecule has 0 amide bonds. The van der Waals surface area contributed by atoms with Crippen LogP contribution in [0.15, 0.2) is 24.3 Å².